The third-order valence-electron chi connectivity index (χ3n) is 2.79. The molecule has 0 radical (unpaired) electrons. The summed E-state index contributed by atoms with van der Waals surface area (Å²) in [6, 6.07) is 4.25. The van der Waals surface area contributed by atoms with Gasteiger partial charge in [0, 0.05) is 25.0 Å². The summed E-state index contributed by atoms with van der Waals surface area (Å²) in [5.41, 5.74) is 0.574. The molecule has 1 aromatic carbocycles. The number of hydrogen-bond donors (Lipinski definition) is 2. The Balaban J connectivity index is 1.98. The fourth-order valence-corrected chi connectivity index (χ4v) is 3.55. The Morgan fingerprint density at radius 1 is 1.43 bits per heavy atom. The third-order valence-corrected chi connectivity index (χ3v) is 5.27. The smallest absolute Gasteiger partial charge is 0.238 e. The van der Waals surface area contributed by atoms with Crippen LogP contribution in [0.3, 0.4) is 0 Å². The minimum absolute atomic E-state index is 0.0289. The predicted octanol–water partition coefficient (Wildman–Crippen LogP) is 1.66. The Bertz CT molecular complexity index is 633. The van der Waals surface area contributed by atoms with Gasteiger partial charge in [-0.2, -0.15) is 0 Å². The minimum atomic E-state index is -3.76. The molecule has 1 heterocycles. The van der Waals surface area contributed by atoms with E-state index in [9.17, 15) is 8.42 Å². The fraction of sp³-hybridized carbons (Fsp3) is 0.364. The molecular formula is C11H14ClN3O3S3. The molecule has 10 heteroatoms. The van der Waals surface area contributed by atoms with Gasteiger partial charge in [0.05, 0.1) is 28.8 Å². The largest absolute Gasteiger partial charge is 0.378 e. The van der Waals surface area contributed by atoms with Crippen molar-refractivity contribution in [3.63, 3.8) is 0 Å². The third kappa shape index (κ3) is 4.70. The molecular weight excluding hydrogens is 354 g/mol. The molecule has 0 aliphatic carbocycles. The first-order valence-corrected chi connectivity index (χ1v) is 9.14. The second-order valence-corrected chi connectivity index (χ2v) is 7.66. The standard InChI is InChI=1S/C11H14ClN3O3S3/c12-9-7-8(21(13,16)17)1-2-10(9)14-20-11(19)15-3-5-18-6-4-15/h1-2,7,14H,3-6H2,(H2,13,16,17). The monoisotopic (exact) mass is 367 g/mol. The fourth-order valence-electron chi connectivity index (χ4n) is 1.66. The average molecular weight is 368 g/mol. The van der Waals surface area contributed by atoms with Gasteiger partial charge in [-0.15, -0.1) is 0 Å². The predicted molar refractivity (Wildman–Crippen MR) is 89.0 cm³/mol. The number of nitrogens with two attached hydrogens (primary N) is 1. The first-order chi connectivity index (χ1) is 9.88. The van der Waals surface area contributed by atoms with Crippen molar-refractivity contribution in [2.45, 2.75) is 4.90 Å². The van der Waals surface area contributed by atoms with Gasteiger partial charge >= 0.3 is 0 Å². The minimum Gasteiger partial charge on any atom is -0.378 e. The van der Waals surface area contributed by atoms with Crippen molar-refractivity contribution in [2.75, 3.05) is 31.0 Å². The van der Waals surface area contributed by atoms with Crippen LogP contribution in [-0.4, -0.2) is 43.9 Å². The van der Waals surface area contributed by atoms with Crippen LogP contribution >= 0.6 is 35.8 Å². The zero-order valence-electron chi connectivity index (χ0n) is 10.9. The molecule has 1 aromatic rings. The molecule has 2 rings (SSSR count). The van der Waals surface area contributed by atoms with Crippen molar-refractivity contribution < 1.29 is 13.2 Å². The molecule has 1 saturated heterocycles. The summed E-state index contributed by atoms with van der Waals surface area (Å²) in [6.45, 7) is 2.83. The summed E-state index contributed by atoms with van der Waals surface area (Å²) in [6.07, 6.45) is 0. The van der Waals surface area contributed by atoms with Crippen molar-refractivity contribution in [1.82, 2.24) is 4.90 Å². The Labute approximate surface area is 138 Å². The molecule has 0 atom stereocenters. The summed E-state index contributed by atoms with van der Waals surface area (Å²) < 4.78 is 31.4. The SMILES string of the molecule is NS(=O)(=O)c1ccc(NSC(=S)N2CCOCC2)c(Cl)c1. The number of hydrogen-bond acceptors (Lipinski definition) is 6. The van der Waals surface area contributed by atoms with Gasteiger partial charge in [-0.05, 0) is 18.2 Å². The van der Waals surface area contributed by atoms with E-state index in [0.29, 0.717) is 23.2 Å². The molecule has 1 aliphatic rings. The summed E-state index contributed by atoms with van der Waals surface area (Å²) in [5, 5.41) is 5.31. The number of halogens is 1. The molecule has 0 unspecified atom stereocenters. The number of morpholine rings is 1. The normalized spacial score (nSPS) is 15.8. The zero-order chi connectivity index (χ0) is 15.5. The summed E-state index contributed by atoms with van der Waals surface area (Å²) >= 11 is 12.6. The number of nitrogens with one attached hydrogen (secondary N) is 1. The van der Waals surface area contributed by atoms with Crippen molar-refractivity contribution in [3.05, 3.63) is 23.2 Å². The highest BCUT2D eigenvalue weighted by atomic mass is 35.5. The van der Waals surface area contributed by atoms with E-state index in [2.05, 4.69) is 4.72 Å². The molecule has 3 N–H and O–H groups in total. The molecule has 6 nitrogen and oxygen atoms in total. The molecule has 1 fully saturated rings. The summed E-state index contributed by atoms with van der Waals surface area (Å²) in [7, 11) is -3.76. The van der Waals surface area contributed by atoms with Crippen molar-refractivity contribution >= 4 is 55.8 Å². The van der Waals surface area contributed by atoms with Crippen molar-refractivity contribution in [3.8, 4) is 0 Å². The maximum Gasteiger partial charge on any atom is 0.238 e. The van der Waals surface area contributed by atoms with E-state index in [4.69, 9.17) is 33.7 Å². The van der Waals surface area contributed by atoms with Gasteiger partial charge in [-0.25, -0.2) is 13.6 Å². The molecule has 0 saturated carbocycles. The lowest BCUT2D eigenvalue weighted by Gasteiger charge is -2.28. The number of thiocarbonyl (C=S) groups is 1. The number of benzene rings is 1. The van der Waals surface area contributed by atoms with Gasteiger partial charge in [-0.1, -0.05) is 23.8 Å². The van der Waals surface area contributed by atoms with E-state index in [1.165, 1.54) is 24.1 Å². The Kier molecular flexibility index (Phi) is 5.69. The molecule has 0 spiro atoms. The van der Waals surface area contributed by atoms with Crippen LogP contribution in [0.4, 0.5) is 5.69 Å². The van der Waals surface area contributed by atoms with Crippen LogP contribution in [0, 0.1) is 0 Å². The van der Waals surface area contributed by atoms with E-state index < -0.39 is 10.0 Å². The van der Waals surface area contributed by atoms with Crippen molar-refractivity contribution in [2.24, 2.45) is 5.14 Å². The summed E-state index contributed by atoms with van der Waals surface area (Å²) in [5.74, 6) is 0. The van der Waals surface area contributed by atoms with Crippen LogP contribution in [-0.2, 0) is 14.8 Å². The van der Waals surface area contributed by atoms with E-state index in [1.54, 1.807) is 6.07 Å². The number of nitrogens with zero attached hydrogens (tertiary/aromatic N) is 1. The quantitative estimate of drug-likeness (QED) is 0.620. The second kappa shape index (κ2) is 7.12. The van der Waals surface area contributed by atoms with Gasteiger partial charge in [0.2, 0.25) is 10.0 Å². The van der Waals surface area contributed by atoms with E-state index >= 15 is 0 Å². The van der Waals surface area contributed by atoms with Crippen LogP contribution in [0.15, 0.2) is 23.1 Å². The van der Waals surface area contributed by atoms with Crippen LogP contribution in [0.2, 0.25) is 5.02 Å². The lowest BCUT2D eigenvalue weighted by atomic mass is 10.3. The number of anilines is 1. The Morgan fingerprint density at radius 3 is 2.67 bits per heavy atom. The number of rotatable bonds is 3. The van der Waals surface area contributed by atoms with E-state index in [1.807, 2.05) is 4.90 Å². The molecule has 116 valence electrons. The lowest BCUT2D eigenvalue weighted by molar-refractivity contribution is 0.0702. The highest BCUT2D eigenvalue weighted by Crippen LogP contribution is 2.27. The Hall–Kier alpha value is -0.580. The van der Waals surface area contributed by atoms with Crippen LogP contribution < -0.4 is 9.86 Å². The average Bonchev–Trinajstić information content (AvgIpc) is 2.45. The highest BCUT2D eigenvalue weighted by Gasteiger charge is 2.15. The van der Waals surface area contributed by atoms with Gasteiger partial charge in [0.1, 0.15) is 0 Å². The van der Waals surface area contributed by atoms with Gasteiger partial charge in [0.15, 0.2) is 4.32 Å². The summed E-state index contributed by atoms with van der Waals surface area (Å²) in [4.78, 5) is 2.00. The van der Waals surface area contributed by atoms with Crippen LogP contribution in [0.1, 0.15) is 0 Å². The van der Waals surface area contributed by atoms with Crippen molar-refractivity contribution in [1.29, 1.82) is 0 Å². The molecule has 0 amide bonds. The second-order valence-electron chi connectivity index (χ2n) is 4.26. The number of ether oxygens (including phenoxy) is 1. The maximum absolute atomic E-state index is 11.2. The van der Waals surface area contributed by atoms with Crippen LogP contribution in [0.25, 0.3) is 0 Å². The van der Waals surface area contributed by atoms with Gasteiger partial charge < -0.3 is 14.4 Å². The zero-order valence-corrected chi connectivity index (χ0v) is 14.1. The maximum atomic E-state index is 11.2. The van der Waals surface area contributed by atoms with Gasteiger partial charge in [-0.3, -0.25) is 0 Å². The number of primary sulfonamides is 1. The van der Waals surface area contributed by atoms with Gasteiger partial charge in [0.25, 0.3) is 0 Å². The first kappa shape index (κ1) is 16.8. The van der Waals surface area contributed by atoms with Crippen LogP contribution in [0.5, 0.6) is 0 Å². The number of sulfonamides is 1. The molecule has 0 aromatic heterocycles. The molecule has 0 bridgehead atoms. The van der Waals surface area contributed by atoms with E-state index in [0.717, 1.165) is 13.1 Å². The molecule has 21 heavy (non-hydrogen) atoms. The lowest BCUT2D eigenvalue weighted by Crippen LogP contribution is -2.38. The Morgan fingerprint density at radius 2 is 2.10 bits per heavy atom. The first-order valence-electron chi connectivity index (χ1n) is 6.00. The molecule has 1 aliphatic heterocycles. The topological polar surface area (TPSA) is 84.7 Å². The van der Waals surface area contributed by atoms with E-state index in [-0.39, 0.29) is 9.92 Å². The highest BCUT2D eigenvalue weighted by molar-refractivity contribution is 8.23.